The molecule has 1 amide bonds. The highest BCUT2D eigenvalue weighted by Crippen LogP contribution is 2.31. The quantitative estimate of drug-likeness (QED) is 0.343. The average molecular weight is 499 g/mol. The van der Waals surface area contributed by atoms with Crippen molar-refractivity contribution >= 4 is 16.9 Å². The van der Waals surface area contributed by atoms with E-state index in [-0.39, 0.29) is 31.2 Å². The molecule has 12 heteroatoms. The number of aromatic nitrogens is 5. The lowest BCUT2D eigenvalue weighted by Gasteiger charge is -2.47. The number of nitrogens with zero attached hydrogens (tertiary/aromatic N) is 6. The highest BCUT2D eigenvalue weighted by atomic mass is 19.2. The van der Waals surface area contributed by atoms with Crippen LogP contribution in [0.5, 0.6) is 0 Å². The first kappa shape index (κ1) is 22.7. The van der Waals surface area contributed by atoms with Gasteiger partial charge in [0.05, 0.1) is 17.9 Å². The van der Waals surface area contributed by atoms with Crippen LogP contribution in [0.15, 0.2) is 37.1 Å². The number of hydrogen-bond donors (Lipinski definition) is 1. The summed E-state index contributed by atoms with van der Waals surface area (Å²) in [7, 11) is 0. The number of aromatic amines is 1. The zero-order valence-electron chi connectivity index (χ0n) is 19.0. The number of benzene rings is 1. The summed E-state index contributed by atoms with van der Waals surface area (Å²) in [5, 5.41) is 5.44. The minimum Gasteiger partial charge on any atom is -0.346 e. The number of amides is 1. The molecule has 0 bridgehead atoms. The SMILES string of the molecule is O=C(c1c(F)c(F)cc(F)c1F)N1CCC(N2CC(n3cc(-c4ncnc5[nH]ccc45)cn3)C2)CC1. The Morgan fingerprint density at radius 3 is 2.44 bits per heavy atom. The first-order valence-electron chi connectivity index (χ1n) is 11.6. The second kappa shape index (κ2) is 8.70. The Balaban J connectivity index is 1.07. The third kappa shape index (κ3) is 3.72. The van der Waals surface area contributed by atoms with Crippen LogP contribution in [0.3, 0.4) is 0 Å². The van der Waals surface area contributed by atoms with Gasteiger partial charge in [0.1, 0.15) is 17.5 Å². The van der Waals surface area contributed by atoms with Crippen LogP contribution in [0, 0.1) is 23.3 Å². The predicted octanol–water partition coefficient (Wildman–Crippen LogP) is 3.54. The van der Waals surface area contributed by atoms with Gasteiger partial charge in [-0.05, 0) is 18.9 Å². The second-order valence-corrected chi connectivity index (χ2v) is 9.15. The molecular formula is C24H21F4N7O. The highest BCUT2D eigenvalue weighted by Gasteiger charge is 2.37. The molecular weight excluding hydrogens is 478 g/mol. The van der Waals surface area contributed by atoms with Crippen LogP contribution in [0.25, 0.3) is 22.3 Å². The molecule has 0 radical (unpaired) electrons. The highest BCUT2D eigenvalue weighted by molar-refractivity contribution is 5.95. The van der Waals surface area contributed by atoms with Gasteiger partial charge in [0.25, 0.3) is 5.91 Å². The van der Waals surface area contributed by atoms with E-state index in [4.69, 9.17) is 0 Å². The zero-order valence-corrected chi connectivity index (χ0v) is 19.0. The van der Waals surface area contributed by atoms with Crippen molar-refractivity contribution < 1.29 is 22.4 Å². The van der Waals surface area contributed by atoms with Crippen molar-refractivity contribution in [3.05, 3.63) is 65.9 Å². The molecule has 1 aromatic carbocycles. The van der Waals surface area contributed by atoms with Crippen molar-refractivity contribution in [2.75, 3.05) is 26.2 Å². The molecule has 186 valence electrons. The number of carbonyl (C=O) groups is 1. The number of rotatable bonds is 4. The minimum atomic E-state index is -1.66. The Morgan fingerprint density at radius 2 is 1.72 bits per heavy atom. The van der Waals surface area contributed by atoms with Gasteiger partial charge >= 0.3 is 0 Å². The Hall–Kier alpha value is -3.80. The maximum atomic E-state index is 14.0. The number of hydrogen-bond acceptors (Lipinski definition) is 5. The molecule has 0 saturated carbocycles. The average Bonchev–Trinajstić information content (AvgIpc) is 3.52. The summed E-state index contributed by atoms with van der Waals surface area (Å²) in [4.78, 5) is 27.8. The molecule has 2 aliphatic heterocycles. The van der Waals surface area contributed by atoms with Crippen molar-refractivity contribution in [1.82, 2.24) is 34.5 Å². The molecule has 6 rings (SSSR count). The van der Waals surface area contributed by atoms with E-state index in [0.717, 1.165) is 35.4 Å². The summed E-state index contributed by atoms with van der Waals surface area (Å²) in [6, 6.07) is 2.42. The van der Waals surface area contributed by atoms with Gasteiger partial charge in [0, 0.05) is 61.6 Å². The molecule has 2 fully saturated rings. The molecule has 2 aliphatic rings. The topological polar surface area (TPSA) is 82.9 Å². The van der Waals surface area contributed by atoms with E-state index in [1.165, 1.54) is 11.2 Å². The standard InChI is InChI=1S/C24H21F4N7O/c25-17-7-18(26)21(28)19(20(17)27)24(36)33-5-2-14(3-6-33)34-10-15(11-34)35-9-13(8-32-35)22-16-1-4-29-23(16)31-12-30-22/h1,4,7-9,12,14-15H,2-3,5-6,10-11H2,(H,29,30,31). The Labute approximate surface area is 202 Å². The summed E-state index contributed by atoms with van der Waals surface area (Å²) >= 11 is 0. The van der Waals surface area contributed by atoms with Crippen LogP contribution < -0.4 is 0 Å². The van der Waals surface area contributed by atoms with Crippen molar-refractivity contribution in [3.8, 4) is 11.3 Å². The Morgan fingerprint density at radius 1 is 1.00 bits per heavy atom. The van der Waals surface area contributed by atoms with E-state index in [1.807, 2.05) is 23.1 Å². The van der Waals surface area contributed by atoms with Crippen LogP contribution in [0.1, 0.15) is 29.2 Å². The van der Waals surface area contributed by atoms with E-state index < -0.39 is 34.7 Å². The summed E-state index contributed by atoms with van der Waals surface area (Å²) < 4.78 is 57.0. The fourth-order valence-corrected chi connectivity index (χ4v) is 5.07. The van der Waals surface area contributed by atoms with E-state index in [0.29, 0.717) is 12.8 Å². The number of carbonyl (C=O) groups excluding carboxylic acids is 1. The van der Waals surface area contributed by atoms with E-state index in [9.17, 15) is 22.4 Å². The number of nitrogens with one attached hydrogen (secondary N) is 1. The van der Waals surface area contributed by atoms with Gasteiger partial charge in [0.2, 0.25) is 0 Å². The summed E-state index contributed by atoms with van der Waals surface area (Å²) in [6.45, 7) is 2.05. The van der Waals surface area contributed by atoms with Gasteiger partial charge in [-0.15, -0.1) is 0 Å². The van der Waals surface area contributed by atoms with Gasteiger partial charge in [-0.25, -0.2) is 27.5 Å². The third-order valence-electron chi connectivity index (χ3n) is 7.09. The zero-order chi connectivity index (χ0) is 25.0. The first-order chi connectivity index (χ1) is 17.4. The molecule has 0 aliphatic carbocycles. The van der Waals surface area contributed by atoms with Crippen LogP contribution in [0.4, 0.5) is 17.6 Å². The van der Waals surface area contributed by atoms with E-state index in [2.05, 4.69) is 25.0 Å². The summed E-state index contributed by atoms with van der Waals surface area (Å²) in [5.74, 6) is -7.53. The number of fused-ring (bicyclic) bond motifs is 1. The maximum absolute atomic E-state index is 14.0. The van der Waals surface area contributed by atoms with Gasteiger partial charge in [-0.2, -0.15) is 5.10 Å². The largest absolute Gasteiger partial charge is 0.346 e. The molecule has 4 aromatic rings. The lowest BCUT2D eigenvalue weighted by atomic mass is 9.97. The molecule has 3 aromatic heterocycles. The van der Waals surface area contributed by atoms with Crippen LogP contribution in [-0.4, -0.2) is 72.7 Å². The van der Waals surface area contributed by atoms with Crippen molar-refractivity contribution in [1.29, 1.82) is 0 Å². The van der Waals surface area contributed by atoms with Gasteiger partial charge in [-0.1, -0.05) is 0 Å². The summed E-state index contributed by atoms with van der Waals surface area (Å²) in [5.41, 5.74) is 1.30. The fraction of sp³-hybridized carbons (Fsp3) is 0.333. The molecule has 1 N–H and O–H groups in total. The molecule has 8 nitrogen and oxygen atoms in total. The molecule has 0 unspecified atom stereocenters. The third-order valence-corrected chi connectivity index (χ3v) is 7.09. The van der Waals surface area contributed by atoms with Crippen molar-refractivity contribution in [2.45, 2.75) is 24.9 Å². The monoisotopic (exact) mass is 499 g/mol. The lowest BCUT2D eigenvalue weighted by Crippen LogP contribution is -2.56. The molecule has 5 heterocycles. The lowest BCUT2D eigenvalue weighted by molar-refractivity contribution is 0.0195. The van der Waals surface area contributed by atoms with Crippen LogP contribution >= 0.6 is 0 Å². The molecule has 0 atom stereocenters. The molecule has 2 saturated heterocycles. The van der Waals surface area contributed by atoms with Crippen molar-refractivity contribution in [3.63, 3.8) is 0 Å². The van der Waals surface area contributed by atoms with Gasteiger partial charge < -0.3 is 9.88 Å². The second-order valence-electron chi connectivity index (χ2n) is 9.15. The normalized spacial score (nSPS) is 17.6. The molecule has 0 spiro atoms. The number of piperidine rings is 1. The first-order valence-corrected chi connectivity index (χ1v) is 11.6. The predicted molar refractivity (Wildman–Crippen MR) is 121 cm³/mol. The van der Waals surface area contributed by atoms with Crippen LogP contribution in [0.2, 0.25) is 0 Å². The minimum absolute atomic E-state index is 0.102. The number of halogens is 4. The van der Waals surface area contributed by atoms with E-state index in [1.54, 1.807) is 6.20 Å². The number of likely N-dealkylation sites (tertiary alicyclic amines) is 2. The van der Waals surface area contributed by atoms with Gasteiger partial charge in [-0.3, -0.25) is 14.4 Å². The van der Waals surface area contributed by atoms with E-state index >= 15 is 0 Å². The maximum Gasteiger partial charge on any atom is 0.260 e. The fourth-order valence-electron chi connectivity index (χ4n) is 5.07. The Bertz CT molecular complexity index is 1430. The van der Waals surface area contributed by atoms with Crippen LogP contribution in [-0.2, 0) is 0 Å². The Kier molecular flexibility index (Phi) is 5.47. The molecule has 36 heavy (non-hydrogen) atoms. The van der Waals surface area contributed by atoms with Crippen molar-refractivity contribution in [2.24, 2.45) is 0 Å². The summed E-state index contributed by atoms with van der Waals surface area (Å²) in [6.07, 6.45) is 8.28. The van der Waals surface area contributed by atoms with Gasteiger partial charge in [0.15, 0.2) is 23.3 Å². The number of H-pyrrole nitrogens is 1. The smallest absolute Gasteiger partial charge is 0.260 e.